The second-order valence-corrected chi connectivity index (χ2v) is 10.0. The highest BCUT2D eigenvalue weighted by molar-refractivity contribution is 9.10. The summed E-state index contributed by atoms with van der Waals surface area (Å²) in [5.74, 6) is -0.714. The molecule has 3 aromatic carbocycles. The molecule has 7 nitrogen and oxygen atoms in total. The third-order valence-electron chi connectivity index (χ3n) is 6.43. The summed E-state index contributed by atoms with van der Waals surface area (Å²) in [5, 5.41) is 10.4. The number of halogens is 1. The molecule has 0 saturated heterocycles. The number of nitrogens with zero attached hydrogens (tertiary/aromatic N) is 2. The van der Waals surface area contributed by atoms with Crippen molar-refractivity contribution in [1.82, 2.24) is 15.6 Å². The van der Waals surface area contributed by atoms with Gasteiger partial charge in [-0.1, -0.05) is 60.1 Å². The fourth-order valence-corrected chi connectivity index (χ4v) is 4.22. The second-order valence-electron chi connectivity index (χ2n) is 9.09. The Morgan fingerprint density at radius 3 is 2.34 bits per heavy atom. The van der Waals surface area contributed by atoms with E-state index in [0.717, 1.165) is 53.9 Å². The van der Waals surface area contributed by atoms with Crippen LogP contribution in [0.1, 0.15) is 56.8 Å². The number of nitrogens with one attached hydrogen (secondary N) is 3. The van der Waals surface area contributed by atoms with Gasteiger partial charge in [-0.2, -0.15) is 5.10 Å². The van der Waals surface area contributed by atoms with Crippen LogP contribution in [0.2, 0.25) is 0 Å². The molecule has 200 valence electrons. The number of benzene rings is 3. The summed E-state index contributed by atoms with van der Waals surface area (Å²) >= 11 is 3.41. The molecule has 0 atom stereocenters. The van der Waals surface area contributed by atoms with Crippen molar-refractivity contribution in [3.63, 3.8) is 0 Å². The van der Waals surface area contributed by atoms with E-state index in [1.54, 1.807) is 36.5 Å². The Balaban J connectivity index is 1.60. The highest BCUT2D eigenvalue weighted by Crippen LogP contribution is 2.22. The molecule has 0 unspecified atom stereocenters. The lowest BCUT2D eigenvalue weighted by atomic mass is 10.1. The summed E-state index contributed by atoms with van der Waals surface area (Å²) in [6, 6.07) is 18.6. The Labute approximate surface area is 233 Å². The van der Waals surface area contributed by atoms with Crippen molar-refractivity contribution in [2.24, 2.45) is 5.10 Å². The molecule has 0 radical (unpaired) electrons. The first-order valence-electron chi connectivity index (χ1n) is 12.8. The number of aryl methyl sites for hydroxylation is 2. The number of carbonyl (C=O) groups excluding carboxylic acids is 2. The van der Waals surface area contributed by atoms with Gasteiger partial charge in [-0.3, -0.25) is 9.59 Å². The number of hydrogen-bond donors (Lipinski definition) is 3. The number of hydrogen-bond acceptors (Lipinski definition) is 5. The van der Waals surface area contributed by atoms with Crippen molar-refractivity contribution in [1.29, 1.82) is 0 Å². The quantitative estimate of drug-likeness (QED) is 0.150. The van der Waals surface area contributed by atoms with Gasteiger partial charge in [0.2, 0.25) is 0 Å². The van der Waals surface area contributed by atoms with Crippen LogP contribution in [-0.2, 0) is 6.54 Å². The highest BCUT2D eigenvalue weighted by atomic mass is 79.9. The summed E-state index contributed by atoms with van der Waals surface area (Å²) in [7, 11) is 0. The van der Waals surface area contributed by atoms with Gasteiger partial charge in [0, 0.05) is 29.7 Å². The van der Waals surface area contributed by atoms with Crippen LogP contribution in [-0.4, -0.2) is 49.1 Å². The van der Waals surface area contributed by atoms with E-state index in [0.29, 0.717) is 16.8 Å². The number of amides is 2. The Morgan fingerprint density at radius 2 is 1.66 bits per heavy atom. The van der Waals surface area contributed by atoms with Crippen molar-refractivity contribution < 1.29 is 9.59 Å². The van der Waals surface area contributed by atoms with Gasteiger partial charge < -0.3 is 15.5 Å². The van der Waals surface area contributed by atoms with Gasteiger partial charge in [-0.05, 0) is 79.5 Å². The van der Waals surface area contributed by atoms with E-state index >= 15 is 0 Å². The predicted octanol–water partition coefficient (Wildman–Crippen LogP) is 5.51. The molecule has 3 N–H and O–H groups in total. The normalized spacial score (nSPS) is 11.2. The van der Waals surface area contributed by atoms with E-state index in [1.807, 2.05) is 44.2 Å². The highest BCUT2D eigenvalue weighted by Gasteiger charge is 2.15. The minimum absolute atomic E-state index is 0.291. The topological polar surface area (TPSA) is 85.8 Å². The molecule has 0 spiro atoms. The van der Waals surface area contributed by atoms with Gasteiger partial charge in [0.1, 0.15) is 0 Å². The Kier molecular flexibility index (Phi) is 11.2. The van der Waals surface area contributed by atoms with Gasteiger partial charge in [0.05, 0.1) is 17.5 Å². The number of rotatable bonds is 12. The third-order valence-corrected chi connectivity index (χ3v) is 6.92. The van der Waals surface area contributed by atoms with Crippen molar-refractivity contribution in [2.45, 2.75) is 34.2 Å². The minimum Gasteiger partial charge on any atom is -0.321 e. The van der Waals surface area contributed by atoms with Crippen molar-refractivity contribution in [3.8, 4) is 0 Å². The van der Waals surface area contributed by atoms with Crippen LogP contribution in [0.5, 0.6) is 0 Å². The molecule has 0 heterocycles. The number of carbonyl (C=O) groups is 2. The largest absolute Gasteiger partial charge is 0.321 e. The SMILES string of the molecule is CCN(CC)CCNCc1ccc(C(=O)Nc2ccc(Br)cc2C(=O)NN=Cc2ccc(C)c(C)c2)cc1. The molecule has 38 heavy (non-hydrogen) atoms. The maximum absolute atomic E-state index is 12.9. The van der Waals surface area contributed by atoms with E-state index < -0.39 is 5.91 Å². The first-order chi connectivity index (χ1) is 18.3. The van der Waals surface area contributed by atoms with E-state index in [1.165, 1.54) is 5.56 Å². The molecule has 3 aromatic rings. The van der Waals surface area contributed by atoms with Crippen LogP contribution in [0.15, 0.2) is 70.2 Å². The average Bonchev–Trinajstić information content (AvgIpc) is 2.92. The predicted molar refractivity (Wildman–Crippen MR) is 159 cm³/mol. The van der Waals surface area contributed by atoms with Gasteiger partial charge in [0.15, 0.2) is 0 Å². The Morgan fingerprint density at radius 1 is 0.921 bits per heavy atom. The number of hydrazone groups is 1. The standard InChI is InChI=1S/C30H36BrN5O2/c1-5-36(6-2)16-15-32-19-23-9-11-25(12-10-23)29(37)34-28-14-13-26(31)18-27(28)30(38)35-33-20-24-8-7-21(3)22(4)17-24/h7-14,17-18,20,32H,5-6,15-16,19H2,1-4H3,(H,34,37)(H,35,38). The molecule has 0 aliphatic rings. The van der Waals surface area contributed by atoms with Crippen molar-refractivity contribution >= 4 is 39.6 Å². The van der Waals surface area contributed by atoms with Crippen molar-refractivity contribution in [3.05, 3.63) is 98.5 Å². The van der Waals surface area contributed by atoms with Gasteiger partial charge in [-0.25, -0.2) is 5.43 Å². The molecule has 0 saturated carbocycles. The van der Waals surface area contributed by atoms with E-state index in [2.05, 4.69) is 55.8 Å². The van der Waals surface area contributed by atoms with Crippen molar-refractivity contribution in [2.75, 3.05) is 31.5 Å². The summed E-state index contributed by atoms with van der Waals surface area (Å²) < 4.78 is 0.719. The van der Waals surface area contributed by atoms with Crippen LogP contribution < -0.4 is 16.1 Å². The van der Waals surface area contributed by atoms with Gasteiger partial charge in [-0.15, -0.1) is 0 Å². The first-order valence-corrected chi connectivity index (χ1v) is 13.6. The van der Waals surface area contributed by atoms with Crippen LogP contribution in [0.25, 0.3) is 0 Å². The Hall–Kier alpha value is -3.33. The third kappa shape index (κ3) is 8.62. The zero-order valence-electron chi connectivity index (χ0n) is 22.5. The van der Waals surface area contributed by atoms with Crippen LogP contribution >= 0.6 is 15.9 Å². The molecular formula is C30H36BrN5O2. The zero-order valence-corrected chi connectivity index (χ0v) is 24.1. The van der Waals surface area contributed by atoms with Gasteiger partial charge >= 0.3 is 0 Å². The summed E-state index contributed by atoms with van der Waals surface area (Å²) in [4.78, 5) is 28.2. The van der Waals surface area contributed by atoms with Crippen LogP contribution in [0.4, 0.5) is 5.69 Å². The number of anilines is 1. The average molecular weight is 579 g/mol. The fraction of sp³-hybridized carbons (Fsp3) is 0.300. The summed E-state index contributed by atoms with van der Waals surface area (Å²) in [6.07, 6.45) is 1.60. The lowest BCUT2D eigenvalue weighted by molar-refractivity contribution is 0.0956. The van der Waals surface area contributed by atoms with E-state index in [-0.39, 0.29) is 5.91 Å². The smallest absolute Gasteiger partial charge is 0.273 e. The lowest BCUT2D eigenvalue weighted by Gasteiger charge is -2.18. The molecule has 0 aliphatic carbocycles. The van der Waals surface area contributed by atoms with E-state index in [9.17, 15) is 9.59 Å². The molecule has 3 rings (SSSR count). The first kappa shape index (κ1) is 29.2. The second kappa shape index (κ2) is 14.6. The summed E-state index contributed by atoms with van der Waals surface area (Å²) in [6.45, 7) is 13.1. The number of likely N-dealkylation sites (N-methyl/N-ethyl adjacent to an activating group) is 1. The molecule has 0 fully saturated rings. The molecule has 8 heteroatoms. The van der Waals surface area contributed by atoms with E-state index in [4.69, 9.17) is 0 Å². The van der Waals surface area contributed by atoms with Crippen LogP contribution in [0.3, 0.4) is 0 Å². The van der Waals surface area contributed by atoms with Crippen LogP contribution in [0, 0.1) is 13.8 Å². The zero-order chi connectivity index (χ0) is 27.5. The van der Waals surface area contributed by atoms with Gasteiger partial charge in [0.25, 0.3) is 11.8 Å². The monoisotopic (exact) mass is 577 g/mol. The molecule has 2 amide bonds. The molecule has 0 bridgehead atoms. The maximum atomic E-state index is 12.9. The Bertz CT molecular complexity index is 1270. The minimum atomic E-state index is -0.423. The fourth-order valence-electron chi connectivity index (χ4n) is 3.86. The molecule has 0 aliphatic heterocycles. The summed E-state index contributed by atoms with van der Waals surface area (Å²) in [5.41, 5.74) is 8.11. The maximum Gasteiger partial charge on any atom is 0.273 e. The lowest BCUT2D eigenvalue weighted by Crippen LogP contribution is -2.31. The molecule has 0 aromatic heterocycles. The molecular weight excluding hydrogens is 542 g/mol.